The van der Waals surface area contributed by atoms with Crippen LogP contribution in [0, 0.1) is 0 Å². The predicted octanol–water partition coefficient (Wildman–Crippen LogP) is 3.10. The molecule has 22 heavy (non-hydrogen) atoms. The fraction of sp³-hybridized carbons (Fsp3) is 0.267. The minimum atomic E-state index is -0.315. The van der Waals surface area contributed by atoms with Gasteiger partial charge in [-0.25, -0.2) is 4.98 Å². The highest BCUT2D eigenvalue weighted by atomic mass is 35.5. The Morgan fingerprint density at radius 3 is 2.73 bits per heavy atom. The summed E-state index contributed by atoms with van der Waals surface area (Å²) in [6.07, 6.45) is 3.91. The van der Waals surface area contributed by atoms with Crippen LogP contribution in [0.25, 0.3) is 15.3 Å². The van der Waals surface area contributed by atoms with E-state index in [0.717, 1.165) is 41.8 Å². The normalized spacial score (nSPS) is 14.9. The molecular weight excluding hydrogens is 320 g/mol. The molecule has 3 aromatic rings. The van der Waals surface area contributed by atoms with Crippen LogP contribution in [0.15, 0.2) is 35.3 Å². The molecule has 0 saturated carbocycles. The monoisotopic (exact) mass is 332 g/mol. The Bertz CT molecular complexity index is 865. The van der Waals surface area contributed by atoms with E-state index in [1.807, 2.05) is 24.3 Å². The minimum Gasteiger partial charge on any atom is -0.369 e. The average Bonchev–Trinajstić information content (AvgIpc) is 3.18. The van der Waals surface area contributed by atoms with Gasteiger partial charge in [0.25, 0.3) is 5.56 Å². The first-order chi connectivity index (χ1) is 10.7. The topological polar surface area (TPSA) is 51.0 Å². The molecule has 0 bridgehead atoms. The first-order valence-electron chi connectivity index (χ1n) is 7.13. The molecule has 0 atom stereocenters. The van der Waals surface area contributed by atoms with Crippen molar-refractivity contribution in [2.75, 3.05) is 18.0 Å². The van der Waals surface area contributed by atoms with Gasteiger partial charge in [0.05, 0.1) is 22.1 Å². The SMILES string of the molecule is O=c1c(Cl)c(N2CCCC2)cnn1-c1nc2ccccc2s1. The second-order valence-electron chi connectivity index (χ2n) is 5.22. The minimum absolute atomic E-state index is 0.219. The number of fused-ring (bicyclic) bond motifs is 1. The molecule has 1 aliphatic rings. The fourth-order valence-corrected chi connectivity index (χ4v) is 3.86. The van der Waals surface area contributed by atoms with Gasteiger partial charge in [-0.3, -0.25) is 4.79 Å². The summed E-state index contributed by atoms with van der Waals surface area (Å²) in [5.74, 6) is 0. The van der Waals surface area contributed by atoms with E-state index in [9.17, 15) is 4.79 Å². The van der Waals surface area contributed by atoms with Crippen molar-refractivity contribution in [2.45, 2.75) is 12.8 Å². The molecule has 0 unspecified atom stereocenters. The maximum absolute atomic E-state index is 12.5. The van der Waals surface area contributed by atoms with Crippen molar-refractivity contribution in [3.8, 4) is 5.13 Å². The summed E-state index contributed by atoms with van der Waals surface area (Å²) in [5.41, 5.74) is 1.27. The third kappa shape index (κ3) is 2.19. The molecule has 7 heteroatoms. The summed E-state index contributed by atoms with van der Waals surface area (Å²) in [4.78, 5) is 19.1. The summed E-state index contributed by atoms with van der Waals surface area (Å²) >= 11 is 7.72. The van der Waals surface area contributed by atoms with Crippen LogP contribution >= 0.6 is 22.9 Å². The molecule has 1 saturated heterocycles. The van der Waals surface area contributed by atoms with Gasteiger partial charge in [0, 0.05) is 13.1 Å². The quantitative estimate of drug-likeness (QED) is 0.723. The number of hydrogen-bond acceptors (Lipinski definition) is 5. The van der Waals surface area contributed by atoms with Gasteiger partial charge in [-0.2, -0.15) is 9.78 Å². The molecule has 0 radical (unpaired) electrons. The molecule has 112 valence electrons. The van der Waals surface area contributed by atoms with Crippen molar-refractivity contribution < 1.29 is 0 Å². The Kier molecular flexibility index (Phi) is 3.35. The molecule has 1 fully saturated rings. The molecule has 1 aromatic carbocycles. The molecule has 2 aromatic heterocycles. The number of para-hydroxylation sites is 1. The van der Waals surface area contributed by atoms with Crippen molar-refractivity contribution in [3.63, 3.8) is 0 Å². The Hall–Kier alpha value is -1.92. The summed E-state index contributed by atoms with van der Waals surface area (Å²) in [6, 6.07) is 7.76. The van der Waals surface area contributed by atoms with Gasteiger partial charge < -0.3 is 4.90 Å². The van der Waals surface area contributed by atoms with E-state index >= 15 is 0 Å². The molecular formula is C15H13ClN4OS. The highest BCUT2D eigenvalue weighted by molar-refractivity contribution is 7.20. The molecule has 0 spiro atoms. The van der Waals surface area contributed by atoms with Crippen molar-refractivity contribution in [2.24, 2.45) is 0 Å². The van der Waals surface area contributed by atoms with Gasteiger partial charge in [-0.1, -0.05) is 35.1 Å². The molecule has 5 nitrogen and oxygen atoms in total. The van der Waals surface area contributed by atoms with Gasteiger partial charge in [0.2, 0.25) is 5.13 Å². The van der Waals surface area contributed by atoms with Crippen LogP contribution in [-0.4, -0.2) is 27.9 Å². The number of halogens is 1. The van der Waals surface area contributed by atoms with Crippen LogP contribution < -0.4 is 10.5 Å². The molecule has 0 amide bonds. The Morgan fingerprint density at radius 2 is 1.95 bits per heavy atom. The van der Waals surface area contributed by atoms with Crippen LogP contribution in [-0.2, 0) is 0 Å². The van der Waals surface area contributed by atoms with Crippen molar-refractivity contribution >= 4 is 38.8 Å². The molecule has 3 heterocycles. The van der Waals surface area contributed by atoms with Crippen LogP contribution in [0.5, 0.6) is 0 Å². The Balaban J connectivity index is 1.82. The lowest BCUT2D eigenvalue weighted by Crippen LogP contribution is -2.26. The number of nitrogens with zero attached hydrogens (tertiary/aromatic N) is 4. The molecule has 1 aliphatic heterocycles. The number of hydrogen-bond donors (Lipinski definition) is 0. The van der Waals surface area contributed by atoms with Crippen molar-refractivity contribution in [1.82, 2.24) is 14.8 Å². The zero-order valence-corrected chi connectivity index (χ0v) is 13.3. The van der Waals surface area contributed by atoms with Gasteiger partial charge in [0.15, 0.2) is 0 Å². The maximum atomic E-state index is 12.5. The van der Waals surface area contributed by atoms with Gasteiger partial charge in [-0.15, -0.1) is 0 Å². The second kappa shape index (κ2) is 5.37. The first-order valence-corrected chi connectivity index (χ1v) is 8.32. The maximum Gasteiger partial charge on any atom is 0.294 e. The van der Waals surface area contributed by atoms with E-state index in [1.54, 1.807) is 6.20 Å². The van der Waals surface area contributed by atoms with E-state index in [4.69, 9.17) is 11.6 Å². The van der Waals surface area contributed by atoms with Crippen LogP contribution in [0.2, 0.25) is 5.02 Å². The Morgan fingerprint density at radius 1 is 1.18 bits per heavy atom. The average molecular weight is 333 g/mol. The lowest BCUT2D eigenvalue weighted by molar-refractivity contribution is 0.793. The number of benzene rings is 1. The standard InChI is InChI=1S/C15H13ClN4OS/c16-13-11(19-7-3-4-8-19)9-17-20(14(13)21)15-18-10-5-1-2-6-12(10)22-15/h1-2,5-6,9H,3-4,7-8H2. The van der Waals surface area contributed by atoms with E-state index in [1.165, 1.54) is 16.0 Å². The van der Waals surface area contributed by atoms with Crippen molar-refractivity contribution in [3.05, 3.63) is 45.8 Å². The lowest BCUT2D eigenvalue weighted by Gasteiger charge is -2.18. The van der Waals surface area contributed by atoms with E-state index < -0.39 is 0 Å². The summed E-state index contributed by atoms with van der Waals surface area (Å²) < 4.78 is 2.30. The lowest BCUT2D eigenvalue weighted by atomic mass is 10.3. The third-order valence-corrected chi connectivity index (χ3v) is 5.18. The summed E-state index contributed by atoms with van der Waals surface area (Å²) in [7, 11) is 0. The molecule has 0 N–H and O–H groups in total. The molecule has 4 rings (SSSR count). The summed E-state index contributed by atoms with van der Waals surface area (Å²) in [5, 5.41) is 5.04. The zero-order valence-electron chi connectivity index (χ0n) is 11.7. The highest BCUT2D eigenvalue weighted by Crippen LogP contribution is 2.27. The number of thiazole rings is 1. The molecule has 0 aliphatic carbocycles. The van der Waals surface area contributed by atoms with E-state index in [-0.39, 0.29) is 10.6 Å². The van der Waals surface area contributed by atoms with Gasteiger partial charge >= 0.3 is 0 Å². The summed E-state index contributed by atoms with van der Waals surface area (Å²) in [6.45, 7) is 1.85. The van der Waals surface area contributed by atoms with E-state index in [0.29, 0.717) is 5.13 Å². The fourth-order valence-electron chi connectivity index (χ4n) is 2.69. The predicted molar refractivity (Wildman–Crippen MR) is 89.5 cm³/mol. The number of aromatic nitrogens is 3. The number of rotatable bonds is 2. The largest absolute Gasteiger partial charge is 0.369 e. The van der Waals surface area contributed by atoms with Gasteiger partial charge in [0.1, 0.15) is 5.02 Å². The second-order valence-corrected chi connectivity index (χ2v) is 6.61. The zero-order chi connectivity index (χ0) is 15.1. The van der Waals surface area contributed by atoms with Gasteiger partial charge in [-0.05, 0) is 25.0 Å². The van der Waals surface area contributed by atoms with Crippen LogP contribution in [0.3, 0.4) is 0 Å². The van der Waals surface area contributed by atoms with Crippen molar-refractivity contribution in [1.29, 1.82) is 0 Å². The smallest absolute Gasteiger partial charge is 0.294 e. The Labute approximate surface area is 135 Å². The van der Waals surface area contributed by atoms with Crippen LogP contribution in [0.1, 0.15) is 12.8 Å². The third-order valence-electron chi connectivity index (χ3n) is 3.81. The highest BCUT2D eigenvalue weighted by Gasteiger charge is 2.20. The first kappa shape index (κ1) is 13.7. The van der Waals surface area contributed by atoms with Crippen LogP contribution in [0.4, 0.5) is 5.69 Å². The number of anilines is 1. The van der Waals surface area contributed by atoms with E-state index in [2.05, 4.69) is 15.0 Å².